The van der Waals surface area contributed by atoms with E-state index in [4.69, 9.17) is 22.1 Å². The highest BCUT2D eigenvalue weighted by atomic mass is 35.5. The predicted octanol–water partition coefficient (Wildman–Crippen LogP) is 1.49. The number of halogens is 1. The number of hydrogen-bond donors (Lipinski definition) is 1. The highest BCUT2D eigenvalue weighted by Gasteiger charge is 2.08. The lowest BCUT2D eigenvalue weighted by Gasteiger charge is -2.17. The maximum absolute atomic E-state index is 5.64. The summed E-state index contributed by atoms with van der Waals surface area (Å²) in [5.41, 5.74) is 6.82. The van der Waals surface area contributed by atoms with E-state index in [-0.39, 0.29) is 5.54 Å². The van der Waals surface area contributed by atoms with Crippen LogP contribution in [0.15, 0.2) is 11.6 Å². The van der Waals surface area contributed by atoms with E-state index in [0.717, 1.165) is 0 Å². The first kappa shape index (κ1) is 9.95. The molecule has 60 valence electrons. The van der Waals surface area contributed by atoms with E-state index in [1.54, 1.807) is 6.08 Å². The molecule has 0 saturated carbocycles. The smallest absolute Gasteiger partial charge is 0.0659 e. The fraction of sp³-hybridized carbons (Fsp3) is 0.714. The van der Waals surface area contributed by atoms with Crippen LogP contribution in [0.25, 0.3) is 0 Å². The molecule has 0 radical (unpaired) electrons. The van der Waals surface area contributed by atoms with Crippen LogP contribution in [0.3, 0.4) is 0 Å². The molecule has 3 heteroatoms. The van der Waals surface area contributed by atoms with Crippen LogP contribution in [0, 0.1) is 0 Å². The van der Waals surface area contributed by atoms with Crippen molar-refractivity contribution in [2.24, 2.45) is 5.73 Å². The molecule has 0 atom stereocenters. The van der Waals surface area contributed by atoms with Crippen LogP contribution in [0.5, 0.6) is 0 Å². The molecular formula is C7H14ClNO. The van der Waals surface area contributed by atoms with Crippen molar-refractivity contribution in [3.8, 4) is 0 Å². The molecule has 2 N–H and O–H groups in total. The summed E-state index contributed by atoms with van der Waals surface area (Å²) in [6, 6.07) is 0. The van der Waals surface area contributed by atoms with Crippen LogP contribution in [0.4, 0.5) is 0 Å². The van der Waals surface area contributed by atoms with Gasteiger partial charge in [0.2, 0.25) is 0 Å². The predicted molar refractivity (Wildman–Crippen MR) is 44.1 cm³/mol. The maximum atomic E-state index is 5.64. The fourth-order valence-electron chi connectivity index (χ4n) is 0.426. The Balaban J connectivity index is 3.20. The van der Waals surface area contributed by atoms with Gasteiger partial charge in [0.1, 0.15) is 0 Å². The minimum atomic E-state index is -0.250. The molecule has 0 aromatic carbocycles. The molecule has 0 aromatic rings. The first-order valence-electron chi connectivity index (χ1n) is 3.18. The van der Waals surface area contributed by atoms with Crippen molar-refractivity contribution in [2.45, 2.75) is 19.4 Å². The number of nitrogens with two attached hydrogens (primary N) is 1. The van der Waals surface area contributed by atoms with Crippen LogP contribution < -0.4 is 5.73 Å². The van der Waals surface area contributed by atoms with E-state index in [0.29, 0.717) is 13.2 Å². The minimum absolute atomic E-state index is 0.250. The SMILES string of the molecule is CC(C)(N)COCC=CCl. The Morgan fingerprint density at radius 1 is 1.60 bits per heavy atom. The Bertz CT molecular complexity index is 107. The van der Waals surface area contributed by atoms with E-state index >= 15 is 0 Å². The zero-order valence-electron chi connectivity index (χ0n) is 6.43. The molecule has 0 saturated heterocycles. The van der Waals surface area contributed by atoms with Crippen molar-refractivity contribution >= 4 is 11.6 Å². The van der Waals surface area contributed by atoms with Crippen molar-refractivity contribution in [1.82, 2.24) is 0 Å². The second-order valence-electron chi connectivity index (χ2n) is 2.87. The molecule has 0 aliphatic rings. The lowest BCUT2D eigenvalue weighted by atomic mass is 10.1. The zero-order valence-corrected chi connectivity index (χ0v) is 7.19. The summed E-state index contributed by atoms with van der Waals surface area (Å²) in [5.74, 6) is 0. The molecule has 0 spiro atoms. The Morgan fingerprint density at radius 2 is 2.20 bits per heavy atom. The van der Waals surface area contributed by atoms with Crippen LogP contribution in [0.1, 0.15) is 13.8 Å². The van der Waals surface area contributed by atoms with Gasteiger partial charge in [-0.05, 0) is 19.9 Å². The zero-order chi connectivity index (χ0) is 8.04. The van der Waals surface area contributed by atoms with Gasteiger partial charge >= 0.3 is 0 Å². The Morgan fingerprint density at radius 3 is 2.60 bits per heavy atom. The van der Waals surface area contributed by atoms with Crippen molar-refractivity contribution in [3.05, 3.63) is 11.6 Å². The molecule has 0 aromatic heterocycles. The largest absolute Gasteiger partial charge is 0.375 e. The fourth-order valence-corrected chi connectivity index (χ4v) is 0.499. The van der Waals surface area contributed by atoms with Crippen LogP contribution in [0.2, 0.25) is 0 Å². The summed E-state index contributed by atoms with van der Waals surface area (Å²) in [5, 5.41) is 0. The lowest BCUT2D eigenvalue weighted by Crippen LogP contribution is -2.37. The van der Waals surface area contributed by atoms with E-state index in [1.807, 2.05) is 13.8 Å². The first-order chi connectivity index (χ1) is 4.56. The summed E-state index contributed by atoms with van der Waals surface area (Å²) in [4.78, 5) is 0. The molecule has 0 fully saturated rings. The van der Waals surface area contributed by atoms with Crippen molar-refractivity contribution in [2.75, 3.05) is 13.2 Å². The lowest BCUT2D eigenvalue weighted by molar-refractivity contribution is 0.120. The van der Waals surface area contributed by atoms with Gasteiger partial charge < -0.3 is 10.5 Å². The summed E-state index contributed by atoms with van der Waals surface area (Å²) >= 11 is 5.26. The third kappa shape index (κ3) is 7.95. The quantitative estimate of drug-likeness (QED) is 0.638. The number of rotatable bonds is 4. The Kier molecular flexibility index (Phi) is 4.69. The number of hydrogen-bond acceptors (Lipinski definition) is 2. The molecule has 0 aliphatic heterocycles. The van der Waals surface area contributed by atoms with Gasteiger partial charge in [0.05, 0.1) is 13.2 Å². The monoisotopic (exact) mass is 163 g/mol. The topological polar surface area (TPSA) is 35.2 Å². The third-order valence-electron chi connectivity index (χ3n) is 0.777. The molecule has 2 nitrogen and oxygen atoms in total. The molecule has 0 aliphatic carbocycles. The number of ether oxygens (including phenoxy) is 1. The first-order valence-corrected chi connectivity index (χ1v) is 3.62. The molecule has 0 bridgehead atoms. The molecule has 10 heavy (non-hydrogen) atoms. The van der Waals surface area contributed by atoms with Gasteiger partial charge in [-0.2, -0.15) is 0 Å². The maximum Gasteiger partial charge on any atom is 0.0659 e. The van der Waals surface area contributed by atoms with E-state index in [2.05, 4.69) is 0 Å². The van der Waals surface area contributed by atoms with Crippen molar-refractivity contribution in [3.63, 3.8) is 0 Å². The highest BCUT2D eigenvalue weighted by molar-refractivity contribution is 6.25. The average Bonchev–Trinajstić information content (AvgIpc) is 1.78. The summed E-state index contributed by atoms with van der Waals surface area (Å²) in [6.45, 7) is 4.91. The van der Waals surface area contributed by atoms with Gasteiger partial charge in [-0.3, -0.25) is 0 Å². The molecule has 0 unspecified atom stereocenters. The van der Waals surface area contributed by atoms with Gasteiger partial charge in [0, 0.05) is 11.1 Å². The normalized spacial score (nSPS) is 12.8. The summed E-state index contributed by atoms with van der Waals surface area (Å²) in [6.07, 6.45) is 1.73. The van der Waals surface area contributed by atoms with E-state index < -0.39 is 0 Å². The molecular weight excluding hydrogens is 150 g/mol. The van der Waals surface area contributed by atoms with Gasteiger partial charge in [-0.25, -0.2) is 0 Å². The van der Waals surface area contributed by atoms with Gasteiger partial charge in [0.25, 0.3) is 0 Å². The minimum Gasteiger partial charge on any atom is -0.375 e. The van der Waals surface area contributed by atoms with E-state index in [1.165, 1.54) is 5.54 Å². The van der Waals surface area contributed by atoms with Crippen LogP contribution >= 0.6 is 11.6 Å². The molecule has 0 amide bonds. The van der Waals surface area contributed by atoms with Crippen molar-refractivity contribution in [1.29, 1.82) is 0 Å². The van der Waals surface area contributed by atoms with Crippen molar-refractivity contribution < 1.29 is 4.74 Å². The summed E-state index contributed by atoms with van der Waals surface area (Å²) in [7, 11) is 0. The Hall–Kier alpha value is -0.0500. The van der Waals surface area contributed by atoms with Crippen LogP contribution in [-0.2, 0) is 4.74 Å². The second kappa shape index (κ2) is 4.72. The van der Waals surface area contributed by atoms with Crippen LogP contribution in [-0.4, -0.2) is 18.8 Å². The summed E-state index contributed by atoms with van der Waals surface area (Å²) < 4.78 is 5.14. The molecule has 0 heterocycles. The highest BCUT2D eigenvalue weighted by Crippen LogP contribution is 1.96. The van der Waals surface area contributed by atoms with Gasteiger partial charge in [0.15, 0.2) is 0 Å². The average molecular weight is 164 g/mol. The van der Waals surface area contributed by atoms with E-state index in [9.17, 15) is 0 Å². The third-order valence-corrected chi connectivity index (χ3v) is 0.955. The Labute approximate surface area is 67.0 Å². The molecule has 0 rings (SSSR count). The van der Waals surface area contributed by atoms with Gasteiger partial charge in [-0.1, -0.05) is 11.6 Å². The standard InChI is InChI=1S/C7H14ClNO/c1-7(2,9)6-10-5-3-4-8/h3-4H,5-6,9H2,1-2H3. The van der Waals surface area contributed by atoms with Gasteiger partial charge in [-0.15, -0.1) is 0 Å². The second-order valence-corrected chi connectivity index (χ2v) is 3.12.